The zero-order valence-corrected chi connectivity index (χ0v) is 14.3. The Labute approximate surface area is 141 Å². The Balaban J connectivity index is 2.34. The zero-order chi connectivity index (χ0) is 17.9. The highest BCUT2D eigenvalue weighted by Gasteiger charge is 2.59. The molecule has 1 fully saturated rings. The van der Waals surface area contributed by atoms with Crippen molar-refractivity contribution in [3.63, 3.8) is 0 Å². The van der Waals surface area contributed by atoms with Crippen molar-refractivity contribution in [2.24, 2.45) is 11.3 Å². The van der Waals surface area contributed by atoms with Crippen molar-refractivity contribution in [1.29, 1.82) is 0 Å². The molecule has 0 N–H and O–H groups in total. The maximum absolute atomic E-state index is 12.6. The summed E-state index contributed by atoms with van der Waals surface area (Å²) in [5.41, 5.74) is 0.466. The number of Topliss-reactive ketones (excluding diaryl/α,β-unsaturated/α-hetero) is 1. The van der Waals surface area contributed by atoms with E-state index in [1.54, 1.807) is 12.1 Å². The van der Waals surface area contributed by atoms with Crippen LogP contribution in [0.4, 0.5) is 0 Å². The Bertz CT molecular complexity index is 656. The third-order valence-electron chi connectivity index (χ3n) is 4.78. The highest BCUT2D eigenvalue weighted by Crippen LogP contribution is 2.50. The van der Waals surface area contributed by atoms with Gasteiger partial charge in [-0.25, -0.2) is 0 Å². The SMILES string of the molecule is C=C1CCC(CC(=O)c2ccc(C)cc2)C1(C(=O)OC)C(=O)OC. The number of methoxy groups -OCH3 is 2. The van der Waals surface area contributed by atoms with Crippen molar-refractivity contribution >= 4 is 17.7 Å². The van der Waals surface area contributed by atoms with E-state index in [9.17, 15) is 14.4 Å². The third-order valence-corrected chi connectivity index (χ3v) is 4.78. The van der Waals surface area contributed by atoms with Crippen LogP contribution in [-0.4, -0.2) is 31.9 Å². The van der Waals surface area contributed by atoms with Crippen LogP contribution in [0.25, 0.3) is 0 Å². The summed E-state index contributed by atoms with van der Waals surface area (Å²) in [5.74, 6) is -2.05. The predicted molar refractivity (Wildman–Crippen MR) is 88.5 cm³/mol. The van der Waals surface area contributed by atoms with Gasteiger partial charge in [0, 0.05) is 12.0 Å². The zero-order valence-electron chi connectivity index (χ0n) is 14.3. The van der Waals surface area contributed by atoms with E-state index < -0.39 is 23.3 Å². The molecule has 24 heavy (non-hydrogen) atoms. The van der Waals surface area contributed by atoms with Gasteiger partial charge in [0.15, 0.2) is 11.2 Å². The number of benzene rings is 1. The number of rotatable bonds is 5. The minimum absolute atomic E-state index is 0.0618. The van der Waals surface area contributed by atoms with E-state index in [4.69, 9.17) is 9.47 Å². The van der Waals surface area contributed by atoms with Gasteiger partial charge in [0.2, 0.25) is 0 Å². The molecule has 2 rings (SSSR count). The van der Waals surface area contributed by atoms with Gasteiger partial charge in [-0.3, -0.25) is 14.4 Å². The van der Waals surface area contributed by atoms with Gasteiger partial charge in [0.1, 0.15) is 0 Å². The molecular formula is C19H22O5. The molecule has 1 aromatic rings. The fourth-order valence-electron chi connectivity index (χ4n) is 3.41. The summed E-state index contributed by atoms with van der Waals surface area (Å²) >= 11 is 0. The molecule has 1 aromatic carbocycles. The summed E-state index contributed by atoms with van der Waals surface area (Å²) in [6.07, 6.45) is 1.06. The summed E-state index contributed by atoms with van der Waals surface area (Å²) < 4.78 is 9.70. The number of esters is 2. The number of aryl methyl sites for hydroxylation is 1. The van der Waals surface area contributed by atoms with E-state index in [1.807, 2.05) is 19.1 Å². The Hall–Kier alpha value is -2.43. The standard InChI is InChI=1S/C19H22O5/c1-12-5-8-14(9-6-12)16(20)11-15-10-7-13(2)19(15,17(21)23-3)18(22)24-4/h5-6,8-9,15H,2,7,10-11H2,1,3-4H3. The number of ketones is 1. The van der Waals surface area contributed by atoms with Crippen LogP contribution < -0.4 is 0 Å². The van der Waals surface area contributed by atoms with Crippen molar-refractivity contribution in [3.8, 4) is 0 Å². The van der Waals surface area contributed by atoms with Gasteiger partial charge in [-0.2, -0.15) is 0 Å². The lowest BCUT2D eigenvalue weighted by Gasteiger charge is -2.30. The molecule has 0 heterocycles. The average Bonchev–Trinajstić information content (AvgIpc) is 2.91. The molecule has 0 aromatic heterocycles. The summed E-state index contributed by atoms with van der Waals surface area (Å²) in [5, 5.41) is 0. The van der Waals surface area contributed by atoms with Gasteiger partial charge in [0.05, 0.1) is 14.2 Å². The van der Waals surface area contributed by atoms with Crippen molar-refractivity contribution in [1.82, 2.24) is 0 Å². The second-order valence-electron chi connectivity index (χ2n) is 6.12. The molecule has 0 saturated heterocycles. The van der Waals surface area contributed by atoms with E-state index in [0.717, 1.165) is 5.56 Å². The summed E-state index contributed by atoms with van der Waals surface area (Å²) in [4.78, 5) is 37.4. The molecule has 128 valence electrons. The molecule has 1 unspecified atom stereocenters. The van der Waals surface area contributed by atoms with Gasteiger partial charge in [-0.15, -0.1) is 0 Å². The van der Waals surface area contributed by atoms with Crippen molar-refractivity contribution in [2.45, 2.75) is 26.2 Å². The lowest BCUT2D eigenvalue weighted by Crippen LogP contribution is -2.45. The molecule has 1 saturated carbocycles. The fraction of sp³-hybridized carbons (Fsp3) is 0.421. The van der Waals surface area contributed by atoms with Crippen LogP contribution in [0.1, 0.15) is 35.2 Å². The van der Waals surface area contributed by atoms with Gasteiger partial charge in [0.25, 0.3) is 0 Å². The molecule has 0 amide bonds. The molecule has 5 nitrogen and oxygen atoms in total. The molecule has 1 aliphatic carbocycles. The second-order valence-corrected chi connectivity index (χ2v) is 6.12. The fourth-order valence-corrected chi connectivity index (χ4v) is 3.41. The van der Waals surface area contributed by atoms with E-state index in [0.29, 0.717) is 24.0 Å². The molecule has 5 heteroatoms. The topological polar surface area (TPSA) is 69.7 Å². The molecule has 0 bridgehead atoms. The Morgan fingerprint density at radius 3 is 2.17 bits per heavy atom. The van der Waals surface area contributed by atoms with Crippen LogP contribution in [-0.2, 0) is 19.1 Å². The molecule has 0 aliphatic heterocycles. The highest BCUT2D eigenvalue weighted by atomic mass is 16.5. The normalized spacial score (nSPS) is 19.0. The number of hydrogen-bond acceptors (Lipinski definition) is 5. The van der Waals surface area contributed by atoms with Gasteiger partial charge < -0.3 is 9.47 Å². The summed E-state index contributed by atoms with van der Waals surface area (Å²) in [7, 11) is 2.44. The van der Waals surface area contributed by atoms with E-state index in [-0.39, 0.29) is 12.2 Å². The van der Waals surface area contributed by atoms with Crippen LogP contribution in [0.3, 0.4) is 0 Å². The lowest BCUT2D eigenvalue weighted by molar-refractivity contribution is -0.168. The van der Waals surface area contributed by atoms with Crippen molar-refractivity contribution < 1.29 is 23.9 Å². The van der Waals surface area contributed by atoms with Crippen LogP contribution in [0, 0.1) is 18.3 Å². The largest absolute Gasteiger partial charge is 0.468 e. The van der Waals surface area contributed by atoms with E-state index in [1.165, 1.54) is 14.2 Å². The first-order valence-corrected chi connectivity index (χ1v) is 7.82. The lowest BCUT2D eigenvalue weighted by atomic mass is 9.73. The maximum atomic E-state index is 12.6. The first kappa shape index (κ1) is 17.9. The van der Waals surface area contributed by atoms with Crippen molar-refractivity contribution in [2.75, 3.05) is 14.2 Å². The van der Waals surface area contributed by atoms with Gasteiger partial charge in [-0.1, -0.05) is 36.4 Å². The quantitative estimate of drug-likeness (QED) is 0.359. The van der Waals surface area contributed by atoms with Crippen LogP contribution in [0.5, 0.6) is 0 Å². The second kappa shape index (κ2) is 6.99. The smallest absolute Gasteiger partial charge is 0.327 e. The number of ether oxygens (including phenoxy) is 2. The Kier molecular flexibility index (Phi) is 5.22. The highest BCUT2D eigenvalue weighted by molar-refractivity contribution is 6.05. The average molecular weight is 330 g/mol. The van der Waals surface area contributed by atoms with E-state index >= 15 is 0 Å². The minimum Gasteiger partial charge on any atom is -0.468 e. The van der Waals surface area contributed by atoms with Crippen LogP contribution >= 0.6 is 0 Å². The van der Waals surface area contributed by atoms with Crippen LogP contribution in [0.15, 0.2) is 36.4 Å². The molecule has 1 atom stereocenters. The van der Waals surface area contributed by atoms with Crippen LogP contribution in [0.2, 0.25) is 0 Å². The summed E-state index contributed by atoms with van der Waals surface area (Å²) in [6.45, 7) is 5.81. The van der Waals surface area contributed by atoms with Gasteiger partial charge in [-0.05, 0) is 31.3 Å². The maximum Gasteiger partial charge on any atom is 0.327 e. The monoisotopic (exact) mass is 330 g/mol. The number of carbonyl (C=O) groups is 3. The predicted octanol–water partition coefficient (Wildman–Crippen LogP) is 2.87. The summed E-state index contributed by atoms with van der Waals surface area (Å²) in [6, 6.07) is 7.21. The Morgan fingerprint density at radius 2 is 1.67 bits per heavy atom. The molecule has 0 spiro atoms. The first-order valence-electron chi connectivity index (χ1n) is 7.82. The third kappa shape index (κ3) is 2.86. The molecule has 1 aliphatic rings. The number of carbonyl (C=O) groups excluding carboxylic acids is 3. The molecular weight excluding hydrogens is 308 g/mol. The van der Waals surface area contributed by atoms with E-state index in [2.05, 4.69) is 6.58 Å². The molecule has 0 radical (unpaired) electrons. The first-order chi connectivity index (χ1) is 11.4. The van der Waals surface area contributed by atoms with Crippen molar-refractivity contribution in [3.05, 3.63) is 47.5 Å². The number of hydrogen-bond donors (Lipinski definition) is 0. The van der Waals surface area contributed by atoms with Gasteiger partial charge >= 0.3 is 11.9 Å². The minimum atomic E-state index is -1.59. The Morgan fingerprint density at radius 1 is 1.12 bits per heavy atom.